The third-order valence-electron chi connectivity index (χ3n) is 2.97. The van der Waals surface area contributed by atoms with Gasteiger partial charge in [-0.15, -0.1) is 0 Å². The smallest absolute Gasteiger partial charge is 0.129 e. The van der Waals surface area contributed by atoms with Crippen molar-refractivity contribution in [2.45, 2.75) is 0 Å². The molecule has 3 nitrogen and oxygen atoms in total. The average molecular weight is 235 g/mol. The monoisotopic (exact) mass is 235 g/mol. The first-order valence-electron chi connectivity index (χ1n) is 5.86. The van der Waals surface area contributed by atoms with Gasteiger partial charge in [0.25, 0.3) is 0 Å². The minimum absolute atomic E-state index is 0.827. The molecule has 0 bridgehead atoms. The Labute approximate surface area is 106 Å². The van der Waals surface area contributed by atoms with E-state index in [2.05, 4.69) is 45.6 Å². The van der Waals surface area contributed by atoms with Gasteiger partial charge in [-0.25, -0.2) is 9.97 Å². The quantitative estimate of drug-likeness (QED) is 0.740. The van der Waals surface area contributed by atoms with Crippen molar-refractivity contribution >= 4 is 16.6 Å². The largest absolute Gasteiger partial charge is 0.373 e. The Morgan fingerprint density at radius 3 is 2.56 bits per heavy atom. The lowest BCUT2D eigenvalue weighted by atomic mass is 10.1. The summed E-state index contributed by atoms with van der Waals surface area (Å²) in [6.07, 6.45) is 1.58. The van der Waals surface area contributed by atoms with E-state index in [9.17, 15) is 0 Å². The molecule has 0 unspecified atom stereocenters. The highest BCUT2D eigenvalue weighted by Gasteiger charge is 2.02. The summed E-state index contributed by atoms with van der Waals surface area (Å²) >= 11 is 0. The van der Waals surface area contributed by atoms with E-state index in [-0.39, 0.29) is 0 Å². The summed E-state index contributed by atoms with van der Waals surface area (Å²) in [5, 5.41) is 5.48. The standard InChI is InChI=1S/C15H13N3/c1-16-15-9-14(17-10-18-15)13-7-6-11-4-2-3-5-12(11)8-13/h2-10H,1H3,(H,16,17,18). The van der Waals surface area contributed by atoms with Crippen molar-refractivity contribution in [1.29, 1.82) is 0 Å². The maximum Gasteiger partial charge on any atom is 0.129 e. The summed E-state index contributed by atoms with van der Waals surface area (Å²) in [5.74, 6) is 0.827. The summed E-state index contributed by atoms with van der Waals surface area (Å²) in [4.78, 5) is 8.44. The van der Waals surface area contributed by atoms with Crippen LogP contribution in [0.2, 0.25) is 0 Å². The Morgan fingerprint density at radius 2 is 1.72 bits per heavy atom. The maximum atomic E-state index is 4.31. The second kappa shape index (κ2) is 4.45. The molecule has 1 N–H and O–H groups in total. The second-order valence-electron chi connectivity index (χ2n) is 4.10. The fourth-order valence-corrected chi connectivity index (χ4v) is 2.00. The van der Waals surface area contributed by atoms with Crippen LogP contribution in [0.4, 0.5) is 5.82 Å². The van der Waals surface area contributed by atoms with Gasteiger partial charge in [-0.05, 0) is 16.8 Å². The van der Waals surface area contributed by atoms with Crippen LogP contribution in [0.3, 0.4) is 0 Å². The Kier molecular flexibility index (Phi) is 2.65. The molecule has 3 heteroatoms. The fourth-order valence-electron chi connectivity index (χ4n) is 2.00. The van der Waals surface area contributed by atoms with Crippen LogP contribution in [0.25, 0.3) is 22.0 Å². The van der Waals surface area contributed by atoms with Gasteiger partial charge in [0.05, 0.1) is 5.69 Å². The molecule has 3 rings (SSSR count). The van der Waals surface area contributed by atoms with E-state index >= 15 is 0 Å². The molecule has 88 valence electrons. The molecule has 0 spiro atoms. The molecule has 0 fully saturated rings. The van der Waals surface area contributed by atoms with Gasteiger partial charge < -0.3 is 5.32 Å². The molecule has 0 saturated carbocycles. The lowest BCUT2D eigenvalue weighted by Gasteiger charge is -2.05. The molecule has 0 aliphatic heterocycles. The van der Waals surface area contributed by atoms with Crippen LogP contribution in [0.15, 0.2) is 54.9 Å². The zero-order chi connectivity index (χ0) is 12.4. The summed E-state index contributed by atoms with van der Waals surface area (Å²) in [5.41, 5.74) is 2.03. The van der Waals surface area contributed by atoms with Crippen molar-refractivity contribution in [3.8, 4) is 11.3 Å². The summed E-state index contributed by atoms with van der Waals surface area (Å²) in [7, 11) is 1.85. The van der Waals surface area contributed by atoms with Crippen molar-refractivity contribution < 1.29 is 0 Å². The molecule has 1 heterocycles. The molecule has 0 radical (unpaired) electrons. The third-order valence-corrected chi connectivity index (χ3v) is 2.97. The Morgan fingerprint density at radius 1 is 0.889 bits per heavy atom. The number of hydrogen-bond acceptors (Lipinski definition) is 3. The highest BCUT2D eigenvalue weighted by atomic mass is 15.0. The average Bonchev–Trinajstić information content (AvgIpc) is 2.47. The summed E-state index contributed by atoms with van der Waals surface area (Å²) in [6, 6.07) is 16.6. The molecule has 0 aliphatic carbocycles. The predicted octanol–water partition coefficient (Wildman–Crippen LogP) is 3.34. The van der Waals surface area contributed by atoms with Crippen LogP contribution >= 0.6 is 0 Å². The van der Waals surface area contributed by atoms with E-state index in [0.717, 1.165) is 17.1 Å². The minimum Gasteiger partial charge on any atom is -0.373 e. The number of anilines is 1. The minimum atomic E-state index is 0.827. The highest BCUT2D eigenvalue weighted by molar-refractivity contribution is 5.86. The van der Waals surface area contributed by atoms with Gasteiger partial charge in [-0.2, -0.15) is 0 Å². The number of nitrogens with one attached hydrogen (secondary N) is 1. The first kappa shape index (κ1) is 10.7. The summed E-state index contributed by atoms with van der Waals surface area (Å²) in [6.45, 7) is 0. The third kappa shape index (κ3) is 1.91. The Hall–Kier alpha value is -2.42. The van der Waals surface area contributed by atoms with Crippen molar-refractivity contribution in [2.75, 3.05) is 12.4 Å². The van der Waals surface area contributed by atoms with Gasteiger partial charge in [-0.3, -0.25) is 0 Å². The predicted molar refractivity (Wildman–Crippen MR) is 74.5 cm³/mol. The molecule has 2 aromatic carbocycles. The van der Waals surface area contributed by atoms with Gasteiger partial charge in [0.2, 0.25) is 0 Å². The topological polar surface area (TPSA) is 37.8 Å². The number of rotatable bonds is 2. The number of aromatic nitrogens is 2. The molecular weight excluding hydrogens is 222 g/mol. The maximum absolute atomic E-state index is 4.31. The number of fused-ring (bicyclic) bond motifs is 1. The molecule has 1 aromatic heterocycles. The highest BCUT2D eigenvalue weighted by Crippen LogP contribution is 2.23. The SMILES string of the molecule is CNc1cc(-c2ccc3ccccc3c2)ncn1. The zero-order valence-electron chi connectivity index (χ0n) is 10.1. The van der Waals surface area contributed by atoms with E-state index in [1.54, 1.807) is 6.33 Å². The van der Waals surface area contributed by atoms with E-state index in [1.807, 2.05) is 25.2 Å². The molecule has 0 amide bonds. The lowest BCUT2D eigenvalue weighted by Crippen LogP contribution is -1.94. The first-order chi connectivity index (χ1) is 8.86. The van der Waals surface area contributed by atoms with E-state index in [1.165, 1.54) is 10.8 Å². The Balaban J connectivity index is 2.13. The zero-order valence-corrected chi connectivity index (χ0v) is 10.1. The van der Waals surface area contributed by atoms with Crippen LogP contribution in [-0.2, 0) is 0 Å². The van der Waals surface area contributed by atoms with Crippen LogP contribution in [-0.4, -0.2) is 17.0 Å². The Bertz CT molecular complexity index is 692. The van der Waals surface area contributed by atoms with Gasteiger partial charge in [0, 0.05) is 18.7 Å². The second-order valence-corrected chi connectivity index (χ2v) is 4.10. The van der Waals surface area contributed by atoms with Crippen molar-refractivity contribution in [3.63, 3.8) is 0 Å². The fraction of sp³-hybridized carbons (Fsp3) is 0.0667. The molecule has 0 aliphatic rings. The van der Waals surface area contributed by atoms with Crippen molar-refractivity contribution in [3.05, 3.63) is 54.9 Å². The molecule has 3 aromatic rings. The number of benzene rings is 2. The number of nitrogens with zero attached hydrogens (tertiary/aromatic N) is 2. The molecule has 0 atom stereocenters. The van der Waals surface area contributed by atoms with Crippen molar-refractivity contribution in [1.82, 2.24) is 9.97 Å². The van der Waals surface area contributed by atoms with Crippen LogP contribution in [0.5, 0.6) is 0 Å². The molecule has 18 heavy (non-hydrogen) atoms. The normalized spacial score (nSPS) is 10.5. The van der Waals surface area contributed by atoms with Crippen LogP contribution in [0, 0.1) is 0 Å². The van der Waals surface area contributed by atoms with Crippen molar-refractivity contribution in [2.24, 2.45) is 0 Å². The molecule has 0 saturated heterocycles. The molecular formula is C15H13N3. The number of hydrogen-bond donors (Lipinski definition) is 1. The van der Waals surface area contributed by atoms with Gasteiger partial charge in [-0.1, -0.05) is 36.4 Å². The van der Waals surface area contributed by atoms with Crippen LogP contribution in [0.1, 0.15) is 0 Å². The first-order valence-corrected chi connectivity index (χ1v) is 5.86. The van der Waals surface area contributed by atoms with E-state index < -0.39 is 0 Å². The van der Waals surface area contributed by atoms with Gasteiger partial charge >= 0.3 is 0 Å². The van der Waals surface area contributed by atoms with E-state index in [0.29, 0.717) is 0 Å². The van der Waals surface area contributed by atoms with Crippen LogP contribution < -0.4 is 5.32 Å². The van der Waals surface area contributed by atoms with Gasteiger partial charge in [0.1, 0.15) is 12.1 Å². The van der Waals surface area contributed by atoms with Gasteiger partial charge in [0.15, 0.2) is 0 Å². The van der Waals surface area contributed by atoms with E-state index in [4.69, 9.17) is 0 Å². The lowest BCUT2D eigenvalue weighted by molar-refractivity contribution is 1.16. The summed E-state index contributed by atoms with van der Waals surface area (Å²) < 4.78 is 0.